The molecule has 5 heteroatoms. The summed E-state index contributed by atoms with van der Waals surface area (Å²) < 4.78 is 6.24. The first-order chi connectivity index (χ1) is 9.88. The van der Waals surface area contributed by atoms with Gasteiger partial charge in [-0.25, -0.2) is 4.79 Å². The van der Waals surface area contributed by atoms with E-state index in [-0.39, 0.29) is 0 Å². The average molecular weight is 355 g/mol. The zero-order valence-electron chi connectivity index (χ0n) is 12.8. The van der Waals surface area contributed by atoms with Crippen LogP contribution in [-0.4, -0.2) is 24.8 Å². The van der Waals surface area contributed by atoms with Gasteiger partial charge in [0, 0.05) is 24.1 Å². The summed E-state index contributed by atoms with van der Waals surface area (Å²) >= 11 is 3.51. The van der Waals surface area contributed by atoms with E-state index in [0.29, 0.717) is 6.54 Å². The highest BCUT2D eigenvalue weighted by Crippen LogP contribution is 2.15. The van der Waals surface area contributed by atoms with Crippen LogP contribution < -0.4 is 10.6 Å². The van der Waals surface area contributed by atoms with Crippen molar-refractivity contribution in [3.8, 4) is 0 Å². The van der Waals surface area contributed by atoms with Crippen molar-refractivity contribution in [1.82, 2.24) is 10.6 Å². The van der Waals surface area contributed by atoms with Gasteiger partial charge in [0.2, 0.25) is 0 Å². The number of rotatable bonds is 6. The number of halogens is 1. The van der Waals surface area contributed by atoms with Crippen molar-refractivity contribution in [2.75, 3.05) is 13.1 Å². The Labute approximate surface area is 135 Å². The topological polar surface area (TPSA) is 50.4 Å². The van der Waals surface area contributed by atoms with Gasteiger partial charge in [-0.05, 0) is 32.4 Å². The minimum Gasteiger partial charge on any atom is -0.444 e. The molecule has 116 valence electrons. The van der Waals surface area contributed by atoms with Gasteiger partial charge in [-0.3, -0.25) is 0 Å². The standard InChI is InChI=1S/C16H23BrN2O2/c1-16(2,3)21-15(20)19-11-7-6-10-18-12-13-8-4-5-9-14(13)17/h4-9,18H,10-12H2,1-3H3,(H,19,20)/b7-6+. The number of benzene rings is 1. The van der Waals surface area contributed by atoms with Crippen LogP contribution in [-0.2, 0) is 11.3 Å². The molecule has 21 heavy (non-hydrogen) atoms. The Kier molecular flexibility index (Phi) is 7.47. The van der Waals surface area contributed by atoms with Gasteiger partial charge in [0.15, 0.2) is 0 Å². The molecular formula is C16H23BrN2O2. The maximum atomic E-state index is 11.4. The van der Waals surface area contributed by atoms with Crippen molar-refractivity contribution < 1.29 is 9.53 Å². The summed E-state index contributed by atoms with van der Waals surface area (Å²) in [6.45, 7) is 7.53. The second kappa shape index (κ2) is 8.85. The molecule has 0 unspecified atom stereocenters. The smallest absolute Gasteiger partial charge is 0.407 e. The Balaban J connectivity index is 2.13. The van der Waals surface area contributed by atoms with Crippen molar-refractivity contribution in [3.05, 3.63) is 46.5 Å². The van der Waals surface area contributed by atoms with Gasteiger partial charge < -0.3 is 15.4 Å². The molecule has 0 aromatic heterocycles. The number of hydrogen-bond acceptors (Lipinski definition) is 3. The molecule has 1 aromatic rings. The fourth-order valence-corrected chi connectivity index (χ4v) is 1.98. The number of ether oxygens (including phenoxy) is 1. The zero-order chi connectivity index (χ0) is 15.7. The fourth-order valence-electron chi connectivity index (χ4n) is 1.56. The van der Waals surface area contributed by atoms with E-state index in [1.165, 1.54) is 5.56 Å². The lowest BCUT2D eigenvalue weighted by Gasteiger charge is -2.19. The molecule has 0 bridgehead atoms. The predicted octanol–water partition coefficient (Wildman–Crippen LogP) is 3.62. The molecule has 0 aliphatic rings. The maximum absolute atomic E-state index is 11.4. The first-order valence-electron chi connectivity index (χ1n) is 6.94. The minimum absolute atomic E-state index is 0.395. The van der Waals surface area contributed by atoms with Gasteiger partial charge in [-0.1, -0.05) is 46.3 Å². The van der Waals surface area contributed by atoms with Crippen LogP contribution in [0.5, 0.6) is 0 Å². The Hall–Kier alpha value is -1.33. The fraction of sp³-hybridized carbons (Fsp3) is 0.438. The van der Waals surface area contributed by atoms with Crippen molar-refractivity contribution in [2.45, 2.75) is 32.9 Å². The summed E-state index contributed by atoms with van der Waals surface area (Å²) in [6.07, 6.45) is 3.49. The van der Waals surface area contributed by atoms with E-state index in [1.807, 2.05) is 51.1 Å². The minimum atomic E-state index is -0.460. The number of nitrogens with one attached hydrogen (secondary N) is 2. The molecule has 0 fully saturated rings. The van der Waals surface area contributed by atoms with Crippen LogP contribution in [0.25, 0.3) is 0 Å². The third-order valence-corrected chi connectivity index (χ3v) is 3.24. The number of carbonyl (C=O) groups excluding carboxylic acids is 1. The van der Waals surface area contributed by atoms with Gasteiger partial charge in [-0.15, -0.1) is 0 Å². The quantitative estimate of drug-likeness (QED) is 0.605. The largest absolute Gasteiger partial charge is 0.444 e. The summed E-state index contributed by atoms with van der Waals surface area (Å²) in [5.74, 6) is 0. The normalized spacial score (nSPS) is 11.6. The second-order valence-electron chi connectivity index (χ2n) is 5.58. The van der Waals surface area contributed by atoms with Gasteiger partial charge in [0.1, 0.15) is 5.60 Å². The Morgan fingerprint density at radius 1 is 1.24 bits per heavy atom. The average Bonchev–Trinajstić information content (AvgIpc) is 2.37. The van der Waals surface area contributed by atoms with Crippen LogP contribution in [0.15, 0.2) is 40.9 Å². The molecule has 0 saturated carbocycles. The highest BCUT2D eigenvalue weighted by atomic mass is 79.9. The van der Waals surface area contributed by atoms with Gasteiger partial charge in [0.05, 0.1) is 0 Å². The number of alkyl carbamates (subject to hydrolysis) is 1. The van der Waals surface area contributed by atoms with Crippen LogP contribution in [0.4, 0.5) is 4.79 Å². The van der Waals surface area contributed by atoms with E-state index in [0.717, 1.165) is 17.6 Å². The lowest BCUT2D eigenvalue weighted by Crippen LogP contribution is -2.32. The van der Waals surface area contributed by atoms with Crippen LogP contribution in [0.1, 0.15) is 26.3 Å². The molecule has 0 aliphatic carbocycles. The van der Waals surface area contributed by atoms with Crippen LogP contribution in [0.2, 0.25) is 0 Å². The lowest BCUT2D eigenvalue weighted by atomic mass is 10.2. The molecule has 0 saturated heterocycles. The summed E-state index contributed by atoms with van der Waals surface area (Å²) in [4.78, 5) is 11.4. The van der Waals surface area contributed by atoms with E-state index < -0.39 is 11.7 Å². The molecule has 1 amide bonds. The summed E-state index contributed by atoms with van der Waals surface area (Å²) in [5.41, 5.74) is 0.760. The van der Waals surface area contributed by atoms with Gasteiger partial charge in [0.25, 0.3) is 0 Å². The first kappa shape index (κ1) is 17.7. The first-order valence-corrected chi connectivity index (χ1v) is 7.74. The summed E-state index contributed by atoms with van der Waals surface area (Å²) in [7, 11) is 0. The van der Waals surface area contributed by atoms with Crippen LogP contribution in [0.3, 0.4) is 0 Å². The third-order valence-electron chi connectivity index (χ3n) is 2.47. The maximum Gasteiger partial charge on any atom is 0.407 e. The van der Waals surface area contributed by atoms with Crippen LogP contribution in [0, 0.1) is 0 Å². The molecule has 1 aromatic carbocycles. The van der Waals surface area contributed by atoms with Crippen molar-refractivity contribution in [1.29, 1.82) is 0 Å². The molecular weight excluding hydrogens is 332 g/mol. The third kappa shape index (κ3) is 8.52. The lowest BCUT2D eigenvalue weighted by molar-refractivity contribution is 0.0534. The van der Waals surface area contributed by atoms with Crippen molar-refractivity contribution in [3.63, 3.8) is 0 Å². The molecule has 2 N–H and O–H groups in total. The Morgan fingerprint density at radius 3 is 2.57 bits per heavy atom. The number of amides is 1. The number of hydrogen-bond donors (Lipinski definition) is 2. The van der Waals surface area contributed by atoms with E-state index in [2.05, 4.69) is 32.6 Å². The van der Waals surface area contributed by atoms with Crippen LogP contribution >= 0.6 is 15.9 Å². The zero-order valence-corrected chi connectivity index (χ0v) is 14.4. The summed E-state index contributed by atoms with van der Waals surface area (Å²) in [6, 6.07) is 8.11. The molecule has 0 heterocycles. The summed E-state index contributed by atoms with van der Waals surface area (Å²) in [5, 5.41) is 5.98. The predicted molar refractivity (Wildman–Crippen MR) is 89.2 cm³/mol. The van der Waals surface area contributed by atoms with E-state index in [1.54, 1.807) is 0 Å². The molecule has 0 atom stereocenters. The van der Waals surface area contributed by atoms with Crippen molar-refractivity contribution in [2.24, 2.45) is 0 Å². The van der Waals surface area contributed by atoms with E-state index in [4.69, 9.17) is 4.74 Å². The van der Waals surface area contributed by atoms with E-state index in [9.17, 15) is 4.79 Å². The van der Waals surface area contributed by atoms with Gasteiger partial charge >= 0.3 is 6.09 Å². The Morgan fingerprint density at radius 2 is 1.90 bits per heavy atom. The SMILES string of the molecule is CC(C)(C)OC(=O)NC/C=C/CNCc1ccccc1Br. The highest BCUT2D eigenvalue weighted by molar-refractivity contribution is 9.10. The molecule has 0 radical (unpaired) electrons. The molecule has 0 aliphatic heterocycles. The van der Waals surface area contributed by atoms with Crippen molar-refractivity contribution >= 4 is 22.0 Å². The molecule has 4 nitrogen and oxygen atoms in total. The highest BCUT2D eigenvalue weighted by Gasteiger charge is 2.14. The van der Waals surface area contributed by atoms with Gasteiger partial charge in [-0.2, -0.15) is 0 Å². The Bertz CT molecular complexity index is 481. The molecule has 1 rings (SSSR count). The van der Waals surface area contributed by atoms with E-state index >= 15 is 0 Å². The number of carbonyl (C=O) groups is 1. The molecule has 0 spiro atoms. The monoisotopic (exact) mass is 354 g/mol. The second-order valence-corrected chi connectivity index (χ2v) is 6.43.